The first-order valence-corrected chi connectivity index (χ1v) is 6.78. The number of carbonyl (C=O) groups excluding carboxylic acids is 2. The number of ether oxygens (including phenoxy) is 1. The average Bonchev–Trinajstić information content (AvgIpc) is 2.44. The van der Waals surface area contributed by atoms with Crippen LogP contribution in [0.25, 0.3) is 0 Å². The summed E-state index contributed by atoms with van der Waals surface area (Å²) in [5.41, 5.74) is -0.312. The maximum Gasteiger partial charge on any atom is 0.325 e. The molecular formula is C13H20N4O5. The third-order valence-electron chi connectivity index (χ3n) is 2.93. The van der Waals surface area contributed by atoms with Gasteiger partial charge >= 0.3 is 5.69 Å². The van der Waals surface area contributed by atoms with Crippen molar-refractivity contribution < 1.29 is 14.3 Å². The highest BCUT2D eigenvalue weighted by Crippen LogP contribution is 1.99. The Morgan fingerprint density at radius 1 is 1.14 bits per heavy atom. The van der Waals surface area contributed by atoms with E-state index in [2.05, 4.69) is 20.6 Å². The van der Waals surface area contributed by atoms with Gasteiger partial charge in [0.15, 0.2) is 0 Å². The van der Waals surface area contributed by atoms with Crippen LogP contribution in [-0.2, 0) is 20.7 Å². The molecule has 0 aromatic carbocycles. The zero-order chi connectivity index (χ0) is 16.5. The lowest BCUT2D eigenvalue weighted by Crippen LogP contribution is -2.38. The maximum absolute atomic E-state index is 11.6. The SMILES string of the molecule is COCCNC(=O)CNC(=O)CCc1c(C)[nH]c(=O)[nH]c1=O. The number of aryl methyl sites for hydroxylation is 1. The summed E-state index contributed by atoms with van der Waals surface area (Å²) in [6, 6.07) is 0. The third-order valence-corrected chi connectivity index (χ3v) is 2.93. The molecule has 1 aromatic rings. The Bertz CT molecular complexity index is 634. The predicted octanol–water partition coefficient (Wildman–Crippen LogP) is -1.82. The van der Waals surface area contributed by atoms with Crippen LogP contribution in [0.1, 0.15) is 17.7 Å². The van der Waals surface area contributed by atoms with Gasteiger partial charge in [-0.25, -0.2) is 4.79 Å². The molecule has 0 atom stereocenters. The summed E-state index contributed by atoms with van der Waals surface area (Å²) in [6.07, 6.45) is 0.219. The second-order valence-electron chi connectivity index (χ2n) is 4.63. The number of rotatable bonds is 8. The molecule has 1 heterocycles. The van der Waals surface area contributed by atoms with Gasteiger partial charge in [-0.3, -0.25) is 19.4 Å². The van der Waals surface area contributed by atoms with E-state index < -0.39 is 11.2 Å². The molecule has 0 saturated heterocycles. The van der Waals surface area contributed by atoms with Crippen molar-refractivity contribution in [3.63, 3.8) is 0 Å². The number of H-pyrrole nitrogens is 2. The summed E-state index contributed by atoms with van der Waals surface area (Å²) in [6.45, 7) is 2.22. The zero-order valence-corrected chi connectivity index (χ0v) is 12.6. The molecule has 0 saturated carbocycles. The first-order chi connectivity index (χ1) is 10.4. The summed E-state index contributed by atoms with van der Waals surface area (Å²) in [5, 5.41) is 5.02. The van der Waals surface area contributed by atoms with Gasteiger partial charge in [-0.2, -0.15) is 0 Å². The van der Waals surface area contributed by atoms with E-state index in [0.29, 0.717) is 24.4 Å². The highest BCUT2D eigenvalue weighted by Gasteiger charge is 2.10. The molecular weight excluding hydrogens is 292 g/mol. The minimum Gasteiger partial charge on any atom is -0.383 e. The van der Waals surface area contributed by atoms with Gasteiger partial charge < -0.3 is 20.4 Å². The minimum atomic E-state index is -0.580. The van der Waals surface area contributed by atoms with E-state index in [1.165, 1.54) is 7.11 Å². The second-order valence-corrected chi connectivity index (χ2v) is 4.63. The van der Waals surface area contributed by atoms with Crippen molar-refractivity contribution in [2.45, 2.75) is 19.8 Å². The molecule has 0 aliphatic rings. The number of amides is 2. The highest BCUT2D eigenvalue weighted by molar-refractivity contribution is 5.84. The van der Waals surface area contributed by atoms with E-state index >= 15 is 0 Å². The Morgan fingerprint density at radius 2 is 1.86 bits per heavy atom. The zero-order valence-electron chi connectivity index (χ0n) is 12.6. The Balaban J connectivity index is 2.39. The molecule has 0 radical (unpaired) electrons. The number of nitrogens with one attached hydrogen (secondary N) is 4. The van der Waals surface area contributed by atoms with Gasteiger partial charge in [0.25, 0.3) is 5.56 Å². The molecule has 122 valence electrons. The fourth-order valence-corrected chi connectivity index (χ4v) is 1.79. The smallest absolute Gasteiger partial charge is 0.325 e. The fraction of sp³-hybridized carbons (Fsp3) is 0.538. The Labute approximate surface area is 126 Å². The van der Waals surface area contributed by atoms with E-state index in [9.17, 15) is 19.2 Å². The topological polar surface area (TPSA) is 133 Å². The Hall–Kier alpha value is -2.42. The van der Waals surface area contributed by atoms with Gasteiger partial charge in [0, 0.05) is 31.3 Å². The number of hydrogen-bond acceptors (Lipinski definition) is 5. The lowest BCUT2D eigenvalue weighted by Gasteiger charge is -2.07. The van der Waals surface area contributed by atoms with Gasteiger partial charge in [0.1, 0.15) is 0 Å². The van der Waals surface area contributed by atoms with Crippen LogP contribution in [0.5, 0.6) is 0 Å². The van der Waals surface area contributed by atoms with Crippen LogP contribution in [0.15, 0.2) is 9.59 Å². The number of methoxy groups -OCH3 is 1. The minimum absolute atomic E-state index is 0.0430. The number of aromatic nitrogens is 2. The van der Waals surface area contributed by atoms with Crippen molar-refractivity contribution in [3.8, 4) is 0 Å². The van der Waals surface area contributed by atoms with Crippen LogP contribution >= 0.6 is 0 Å². The molecule has 0 aliphatic carbocycles. The molecule has 0 fully saturated rings. The van der Waals surface area contributed by atoms with Gasteiger partial charge in [0.05, 0.1) is 13.2 Å². The van der Waals surface area contributed by atoms with E-state index in [-0.39, 0.29) is 31.2 Å². The summed E-state index contributed by atoms with van der Waals surface area (Å²) in [5.74, 6) is -0.671. The lowest BCUT2D eigenvalue weighted by atomic mass is 10.1. The maximum atomic E-state index is 11.6. The van der Waals surface area contributed by atoms with Crippen molar-refractivity contribution >= 4 is 11.8 Å². The predicted molar refractivity (Wildman–Crippen MR) is 78.6 cm³/mol. The molecule has 9 nitrogen and oxygen atoms in total. The standard InChI is InChI=1S/C13H20N4O5/c1-8-9(12(20)17-13(21)16-8)3-4-10(18)15-7-11(19)14-5-6-22-2/h3-7H2,1-2H3,(H,14,19)(H,15,18)(H2,16,17,20,21). The summed E-state index contributed by atoms with van der Waals surface area (Å²) >= 11 is 0. The van der Waals surface area contributed by atoms with Crippen molar-refractivity contribution in [2.75, 3.05) is 26.8 Å². The molecule has 2 amide bonds. The monoisotopic (exact) mass is 312 g/mol. The molecule has 0 spiro atoms. The van der Waals surface area contributed by atoms with Gasteiger partial charge in [0.2, 0.25) is 11.8 Å². The first kappa shape index (κ1) is 17.6. The van der Waals surface area contributed by atoms with Gasteiger partial charge in [-0.15, -0.1) is 0 Å². The average molecular weight is 312 g/mol. The van der Waals surface area contributed by atoms with Crippen molar-refractivity contribution in [3.05, 3.63) is 32.1 Å². The van der Waals surface area contributed by atoms with Crippen LogP contribution in [0, 0.1) is 6.92 Å². The third kappa shape index (κ3) is 5.92. The summed E-state index contributed by atoms with van der Waals surface area (Å²) < 4.78 is 4.78. The number of aromatic amines is 2. The van der Waals surface area contributed by atoms with E-state index in [4.69, 9.17) is 4.74 Å². The molecule has 1 rings (SSSR count). The lowest BCUT2D eigenvalue weighted by molar-refractivity contribution is -0.126. The number of carbonyl (C=O) groups is 2. The van der Waals surface area contributed by atoms with E-state index in [1.807, 2.05) is 0 Å². The van der Waals surface area contributed by atoms with Crippen LogP contribution in [0.2, 0.25) is 0 Å². The van der Waals surface area contributed by atoms with Crippen LogP contribution in [-0.4, -0.2) is 48.6 Å². The first-order valence-electron chi connectivity index (χ1n) is 6.78. The quantitative estimate of drug-likeness (QED) is 0.420. The van der Waals surface area contributed by atoms with Crippen LogP contribution in [0.4, 0.5) is 0 Å². The molecule has 0 bridgehead atoms. The Morgan fingerprint density at radius 3 is 2.50 bits per heavy atom. The van der Waals surface area contributed by atoms with Crippen molar-refractivity contribution in [2.24, 2.45) is 0 Å². The summed E-state index contributed by atoms with van der Waals surface area (Å²) in [7, 11) is 1.52. The number of hydrogen-bond donors (Lipinski definition) is 4. The van der Waals surface area contributed by atoms with Crippen LogP contribution in [0.3, 0.4) is 0 Å². The fourth-order valence-electron chi connectivity index (χ4n) is 1.79. The Kier molecular flexibility index (Phi) is 7.03. The van der Waals surface area contributed by atoms with Gasteiger partial charge in [-0.1, -0.05) is 0 Å². The normalized spacial score (nSPS) is 10.3. The van der Waals surface area contributed by atoms with E-state index in [1.54, 1.807) is 6.92 Å². The van der Waals surface area contributed by atoms with Gasteiger partial charge in [-0.05, 0) is 13.3 Å². The highest BCUT2D eigenvalue weighted by atomic mass is 16.5. The molecule has 4 N–H and O–H groups in total. The largest absolute Gasteiger partial charge is 0.383 e. The molecule has 0 unspecified atom stereocenters. The van der Waals surface area contributed by atoms with E-state index in [0.717, 1.165) is 0 Å². The van der Waals surface area contributed by atoms with Crippen LogP contribution < -0.4 is 21.9 Å². The molecule has 1 aromatic heterocycles. The second kappa shape index (κ2) is 8.78. The summed E-state index contributed by atoms with van der Waals surface area (Å²) in [4.78, 5) is 50.2. The van der Waals surface area contributed by atoms with Crippen molar-refractivity contribution in [1.29, 1.82) is 0 Å². The molecule has 0 aliphatic heterocycles. The van der Waals surface area contributed by atoms with Crippen molar-refractivity contribution in [1.82, 2.24) is 20.6 Å². The molecule has 22 heavy (non-hydrogen) atoms. The molecule has 9 heteroatoms.